The number of fused-ring (bicyclic) bond motifs is 1. The number of nitrogens with zero attached hydrogens (tertiary/aromatic N) is 1. The van der Waals surface area contributed by atoms with E-state index in [0.29, 0.717) is 5.56 Å². The molecule has 2 aromatic carbocycles. The van der Waals surface area contributed by atoms with E-state index in [0.717, 1.165) is 15.1 Å². The Morgan fingerprint density at radius 1 is 1.22 bits per heavy atom. The number of carbonyl (C=O) groups is 2. The summed E-state index contributed by atoms with van der Waals surface area (Å²) in [6.07, 6.45) is 0.136. The highest BCUT2D eigenvalue weighted by molar-refractivity contribution is 9.10. The first-order chi connectivity index (χ1) is 11.1. The number of methoxy groups -OCH3 is 1. The van der Waals surface area contributed by atoms with Crippen LogP contribution in [0, 0.1) is 0 Å². The maximum atomic E-state index is 12.9. The van der Waals surface area contributed by atoms with Crippen LogP contribution in [0.15, 0.2) is 57.9 Å². The van der Waals surface area contributed by atoms with E-state index >= 15 is 0 Å². The minimum absolute atomic E-state index is 0.101. The first-order valence-electron chi connectivity index (χ1n) is 7.02. The molecule has 118 valence electrons. The van der Waals surface area contributed by atoms with Gasteiger partial charge in [-0.1, -0.05) is 39.8 Å². The molecular weight excluding hydrogens is 378 g/mol. The summed E-state index contributed by atoms with van der Waals surface area (Å²) in [6.45, 7) is 0. The summed E-state index contributed by atoms with van der Waals surface area (Å²) in [6, 6.07) is 14.9. The van der Waals surface area contributed by atoms with Gasteiger partial charge in [0, 0.05) is 15.1 Å². The molecule has 0 fully saturated rings. The first-order valence-corrected chi connectivity index (χ1v) is 8.69. The van der Waals surface area contributed by atoms with Crippen LogP contribution in [-0.2, 0) is 9.53 Å². The second kappa shape index (κ2) is 6.76. The Morgan fingerprint density at radius 3 is 2.61 bits per heavy atom. The molecule has 1 aliphatic rings. The van der Waals surface area contributed by atoms with E-state index < -0.39 is 0 Å². The number of amides is 1. The number of rotatable bonds is 3. The van der Waals surface area contributed by atoms with E-state index in [9.17, 15) is 9.59 Å². The van der Waals surface area contributed by atoms with Crippen LogP contribution in [0.3, 0.4) is 0 Å². The summed E-state index contributed by atoms with van der Waals surface area (Å²) in [5.41, 5.74) is 1.41. The third-order valence-corrected chi connectivity index (χ3v) is 5.35. The Morgan fingerprint density at radius 2 is 1.91 bits per heavy atom. The van der Waals surface area contributed by atoms with Gasteiger partial charge in [0.2, 0.25) is 0 Å². The van der Waals surface area contributed by atoms with Crippen molar-refractivity contribution in [1.29, 1.82) is 0 Å². The Labute approximate surface area is 146 Å². The molecule has 0 spiro atoms. The number of benzene rings is 2. The number of halogens is 1. The zero-order valence-corrected chi connectivity index (χ0v) is 14.8. The van der Waals surface area contributed by atoms with Crippen LogP contribution in [0.4, 0.5) is 5.69 Å². The molecule has 0 saturated heterocycles. The Balaban J connectivity index is 2.02. The summed E-state index contributed by atoms with van der Waals surface area (Å²) >= 11 is 4.90. The minimum atomic E-state index is -0.336. The third-order valence-electron chi connectivity index (χ3n) is 3.56. The first kappa shape index (κ1) is 16.1. The van der Waals surface area contributed by atoms with Gasteiger partial charge in [-0.3, -0.25) is 14.5 Å². The van der Waals surface area contributed by atoms with E-state index in [4.69, 9.17) is 4.74 Å². The lowest BCUT2D eigenvalue weighted by Crippen LogP contribution is -2.43. The smallest absolute Gasteiger partial charge is 0.308 e. The maximum absolute atomic E-state index is 12.9. The van der Waals surface area contributed by atoms with E-state index in [-0.39, 0.29) is 23.7 Å². The van der Waals surface area contributed by atoms with Crippen LogP contribution >= 0.6 is 27.7 Å². The van der Waals surface area contributed by atoms with Crippen molar-refractivity contribution in [2.24, 2.45) is 0 Å². The van der Waals surface area contributed by atoms with Gasteiger partial charge in [0.1, 0.15) is 0 Å². The van der Waals surface area contributed by atoms with Gasteiger partial charge in [0.05, 0.1) is 24.5 Å². The molecule has 3 rings (SSSR count). The van der Waals surface area contributed by atoms with Gasteiger partial charge < -0.3 is 4.74 Å². The van der Waals surface area contributed by atoms with Crippen molar-refractivity contribution in [1.82, 2.24) is 0 Å². The fourth-order valence-electron chi connectivity index (χ4n) is 2.45. The molecule has 1 aliphatic heterocycles. The fraction of sp³-hybridized carbons (Fsp3) is 0.176. The molecule has 0 aromatic heterocycles. The van der Waals surface area contributed by atoms with E-state index in [1.165, 1.54) is 18.9 Å². The van der Waals surface area contributed by atoms with Crippen LogP contribution < -0.4 is 4.90 Å². The number of hydrogen-bond acceptors (Lipinski definition) is 4. The highest BCUT2D eigenvalue weighted by atomic mass is 79.9. The second-order valence-electron chi connectivity index (χ2n) is 5.00. The molecule has 6 heteroatoms. The van der Waals surface area contributed by atoms with Crippen molar-refractivity contribution in [3.05, 3.63) is 58.6 Å². The highest BCUT2D eigenvalue weighted by Crippen LogP contribution is 2.39. The lowest BCUT2D eigenvalue weighted by Gasteiger charge is -2.35. The zero-order valence-electron chi connectivity index (χ0n) is 12.4. The fourth-order valence-corrected chi connectivity index (χ4v) is 3.99. The van der Waals surface area contributed by atoms with Crippen molar-refractivity contribution in [3.63, 3.8) is 0 Å². The van der Waals surface area contributed by atoms with E-state index in [1.807, 2.05) is 48.5 Å². The van der Waals surface area contributed by atoms with Gasteiger partial charge in [0.15, 0.2) is 0 Å². The standard InChI is InChI=1S/C17H14BrNO3S/c1-22-16(20)10-15-19(12-8-6-11(18)7-9-12)17(21)13-4-2-3-5-14(13)23-15/h2-9,15H,10H2,1H3. The van der Waals surface area contributed by atoms with Crippen LogP contribution in [0.5, 0.6) is 0 Å². The van der Waals surface area contributed by atoms with Crippen molar-refractivity contribution in [2.45, 2.75) is 16.7 Å². The number of thioether (sulfide) groups is 1. The summed E-state index contributed by atoms with van der Waals surface area (Å²) in [5.74, 6) is -0.438. The molecule has 1 unspecified atom stereocenters. The lowest BCUT2D eigenvalue weighted by atomic mass is 10.1. The van der Waals surface area contributed by atoms with Gasteiger partial charge in [-0.25, -0.2) is 0 Å². The Hall–Kier alpha value is -1.79. The van der Waals surface area contributed by atoms with Gasteiger partial charge >= 0.3 is 5.97 Å². The molecule has 1 amide bonds. The minimum Gasteiger partial charge on any atom is -0.469 e. The van der Waals surface area contributed by atoms with Crippen LogP contribution in [0.2, 0.25) is 0 Å². The molecule has 0 N–H and O–H groups in total. The number of hydrogen-bond donors (Lipinski definition) is 0. The predicted molar refractivity (Wildman–Crippen MR) is 93.7 cm³/mol. The van der Waals surface area contributed by atoms with Gasteiger partial charge in [-0.05, 0) is 36.4 Å². The molecule has 1 heterocycles. The Bertz CT molecular complexity index is 748. The summed E-state index contributed by atoms with van der Waals surface area (Å²) in [7, 11) is 1.36. The van der Waals surface area contributed by atoms with Crippen molar-refractivity contribution < 1.29 is 14.3 Å². The number of anilines is 1. The molecule has 0 radical (unpaired) electrons. The largest absolute Gasteiger partial charge is 0.469 e. The molecule has 4 nitrogen and oxygen atoms in total. The quantitative estimate of drug-likeness (QED) is 0.739. The molecule has 1 atom stereocenters. The zero-order chi connectivity index (χ0) is 16.4. The van der Waals surface area contributed by atoms with Gasteiger partial charge in [-0.15, -0.1) is 0 Å². The summed E-state index contributed by atoms with van der Waals surface area (Å²) in [5, 5.41) is -0.328. The van der Waals surface area contributed by atoms with Crippen molar-refractivity contribution >= 4 is 45.3 Å². The van der Waals surface area contributed by atoms with E-state index in [1.54, 1.807) is 4.90 Å². The summed E-state index contributed by atoms with van der Waals surface area (Å²) < 4.78 is 5.72. The van der Waals surface area contributed by atoms with Crippen LogP contribution in [0.1, 0.15) is 16.8 Å². The maximum Gasteiger partial charge on any atom is 0.308 e. The normalized spacial score (nSPS) is 16.9. The number of ether oxygens (including phenoxy) is 1. The predicted octanol–water partition coefficient (Wildman–Crippen LogP) is 4.09. The molecular formula is C17H14BrNO3S. The van der Waals surface area contributed by atoms with Gasteiger partial charge in [0.25, 0.3) is 5.91 Å². The van der Waals surface area contributed by atoms with Crippen molar-refractivity contribution in [2.75, 3.05) is 12.0 Å². The SMILES string of the molecule is COC(=O)CC1Sc2ccccc2C(=O)N1c1ccc(Br)cc1. The lowest BCUT2D eigenvalue weighted by molar-refractivity contribution is -0.140. The van der Waals surface area contributed by atoms with Crippen molar-refractivity contribution in [3.8, 4) is 0 Å². The van der Waals surface area contributed by atoms with E-state index in [2.05, 4.69) is 15.9 Å². The van der Waals surface area contributed by atoms with Gasteiger partial charge in [-0.2, -0.15) is 0 Å². The average Bonchev–Trinajstić information content (AvgIpc) is 2.56. The molecule has 0 saturated carbocycles. The third kappa shape index (κ3) is 3.28. The monoisotopic (exact) mass is 391 g/mol. The number of esters is 1. The summed E-state index contributed by atoms with van der Waals surface area (Å²) in [4.78, 5) is 27.2. The number of carbonyl (C=O) groups excluding carboxylic acids is 2. The molecule has 2 aromatic rings. The molecule has 0 aliphatic carbocycles. The highest BCUT2D eigenvalue weighted by Gasteiger charge is 2.35. The van der Waals surface area contributed by atoms with Crippen LogP contribution in [0.25, 0.3) is 0 Å². The molecule has 23 heavy (non-hydrogen) atoms. The van der Waals surface area contributed by atoms with Crippen LogP contribution in [-0.4, -0.2) is 24.4 Å². The topological polar surface area (TPSA) is 46.6 Å². The Kier molecular flexibility index (Phi) is 4.73. The second-order valence-corrected chi connectivity index (χ2v) is 7.14. The molecule has 0 bridgehead atoms. The average molecular weight is 392 g/mol.